The van der Waals surface area contributed by atoms with Gasteiger partial charge in [0.05, 0.1) is 0 Å². The van der Waals surface area contributed by atoms with Gasteiger partial charge in [0, 0.05) is 31.9 Å². The Labute approximate surface area is 136 Å². The molecule has 0 unspecified atom stereocenters. The van der Waals surface area contributed by atoms with Crippen molar-refractivity contribution < 1.29 is 4.79 Å². The molecule has 1 amide bonds. The van der Waals surface area contributed by atoms with Crippen LogP contribution in [0, 0.1) is 11.7 Å². The molecule has 2 aromatic rings. The van der Waals surface area contributed by atoms with E-state index in [-0.39, 0.29) is 22.9 Å². The molecule has 2 rings (SSSR count). The largest absolute Gasteiger partial charge is 0.383 e. The van der Waals surface area contributed by atoms with Crippen molar-refractivity contribution in [2.24, 2.45) is 0 Å². The lowest BCUT2D eigenvalue weighted by Gasteiger charge is -1.93. The Hall–Kier alpha value is -2.95. The molecule has 0 saturated carbocycles. The first-order valence-electron chi connectivity index (χ1n) is 6.18. The molecule has 0 atom stereocenters. The maximum atomic E-state index is 10.6. The molecule has 2 aromatic heterocycles. The van der Waals surface area contributed by atoms with Crippen LogP contribution < -0.4 is 22.6 Å². The fourth-order valence-electron chi connectivity index (χ4n) is 1.09. The van der Waals surface area contributed by atoms with E-state index in [4.69, 9.17) is 11.5 Å². The number of aryl methyl sites for hydroxylation is 1. The van der Waals surface area contributed by atoms with Gasteiger partial charge in [0.25, 0.3) is 11.1 Å². The van der Waals surface area contributed by atoms with E-state index in [0.717, 1.165) is 18.2 Å². The molecule has 0 spiro atoms. The Morgan fingerprint density at radius 1 is 1.13 bits per heavy atom. The van der Waals surface area contributed by atoms with Gasteiger partial charge in [-0.2, -0.15) is 4.98 Å². The SMILES string of the molecule is CN(C)C=O.Cc1cc(=O)[nH]c(=S)[nH]1.Nc1cc(=O)[nH]c(N)n1. The molecule has 2 heterocycles. The van der Waals surface area contributed by atoms with Gasteiger partial charge in [-0.3, -0.25) is 24.4 Å². The Balaban J connectivity index is 0.000000332. The minimum atomic E-state index is -0.333. The molecule has 23 heavy (non-hydrogen) atoms. The smallest absolute Gasteiger partial charge is 0.254 e. The van der Waals surface area contributed by atoms with Gasteiger partial charge in [0.2, 0.25) is 12.4 Å². The Bertz CT molecular complexity index is 742. The number of aromatic amines is 3. The Morgan fingerprint density at radius 2 is 1.65 bits per heavy atom. The molecule has 0 aliphatic carbocycles. The molecule has 0 fully saturated rings. The van der Waals surface area contributed by atoms with Gasteiger partial charge >= 0.3 is 0 Å². The average Bonchev–Trinajstić information content (AvgIpc) is 2.36. The average molecular weight is 341 g/mol. The van der Waals surface area contributed by atoms with Gasteiger partial charge in [-0.05, 0) is 19.1 Å². The van der Waals surface area contributed by atoms with Crippen LogP contribution >= 0.6 is 12.2 Å². The number of nitrogens with one attached hydrogen (secondary N) is 3. The van der Waals surface area contributed by atoms with Crippen molar-refractivity contribution in [2.75, 3.05) is 25.6 Å². The lowest BCUT2D eigenvalue weighted by molar-refractivity contribution is -0.115. The van der Waals surface area contributed by atoms with Crippen molar-refractivity contribution >= 4 is 30.4 Å². The Morgan fingerprint density at radius 3 is 2.00 bits per heavy atom. The molecule has 7 N–H and O–H groups in total. The second-order valence-corrected chi connectivity index (χ2v) is 4.80. The van der Waals surface area contributed by atoms with Crippen LogP contribution in [-0.4, -0.2) is 45.3 Å². The molecular weight excluding hydrogens is 322 g/mol. The molecule has 0 aliphatic rings. The van der Waals surface area contributed by atoms with Crippen LogP contribution in [0.2, 0.25) is 0 Å². The summed E-state index contributed by atoms with van der Waals surface area (Å²) in [6.07, 6.45) is 0.750. The maximum Gasteiger partial charge on any atom is 0.254 e. The van der Waals surface area contributed by atoms with Crippen LogP contribution in [0.4, 0.5) is 11.8 Å². The molecule has 126 valence electrons. The summed E-state index contributed by atoms with van der Waals surface area (Å²) >= 11 is 4.68. The summed E-state index contributed by atoms with van der Waals surface area (Å²) < 4.78 is 0.375. The molecule has 0 radical (unpaired) electrons. The summed E-state index contributed by atoms with van der Waals surface area (Å²) in [6.45, 7) is 1.78. The zero-order valence-electron chi connectivity index (χ0n) is 12.9. The monoisotopic (exact) mass is 341 g/mol. The minimum Gasteiger partial charge on any atom is -0.383 e. The number of aromatic nitrogens is 4. The zero-order chi connectivity index (χ0) is 18.0. The standard InChI is InChI=1S/C5H6N2OS.C4H6N4O.C3H7NO/c1-3-2-4(8)7-5(9)6-3;5-2-1-3(9)8-4(6)7-2;1-4(2)3-5/h2H,1H3,(H2,6,7,8,9);1H,(H5,5,6,7,8,9);3H,1-2H3. The van der Waals surface area contributed by atoms with E-state index >= 15 is 0 Å². The summed E-state index contributed by atoms with van der Waals surface area (Å²) in [5.41, 5.74) is 10.6. The number of carbonyl (C=O) groups excluding carboxylic acids is 1. The molecule has 0 saturated heterocycles. The third-order valence-electron chi connectivity index (χ3n) is 1.89. The van der Waals surface area contributed by atoms with Crippen LogP contribution in [0.5, 0.6) is 0 Å². The number of hydrogen-bond donors (Lipinski definition) is 5. The molecule has 0 aliphatic heterocycles. The zero-order valence-corrected chi connectivity index (χ0v) is 13.7. The minimum absolute atomic E-state index is 0.0417. The fourth-order valence-corrected chi connectivity index (χ4v) is 1.35. The van der Waals surface area contributed by atoms with Gasteiger partial charge in [-0.1, -0.05) is 0 Å². The normalized spacial score (nSPS) is 8.83. The van der Waals surface area contributed by atoms with Crippen LogP contribution in [0.3, 0.4) is 0 Å². The number of rotatable bonds is 1. The van der Waals surface area contributed by atoms with E-state index < -0.39 is 0 Å². The van der Waals surface area contributed by atoms with Crippen molar-refractivity contribution in [2.45, 2.75) is 6.92 Å². The second-order valence-electron chi connectivity index (χ2n) is 4.40. The van der Waals surface area contributed by atoms with E-state index in [1.165, 1.54) is 11.0 Å². The molecule has 10 nitrogen and oxygen atoms in total. The van der Waals surface area contributed by atoms with Crippen molar-refractivity contribution in [3.05, 3.63) is 43.3 Å². The van der Waals surface area contributed by atoms with E-state index in [1.54, 1.807) is 21.0 Å². The third-order valence-corrected chi connectivity index (χ3v) is 2.09. The summed E-state index contributed by atoms with van der Waals surface area (Å²) in [4.78, 5) is 42.9. The van der Waals surface area contributed by atoms with Gasteiger partial charge in [-0.25, -0.2) is 0 Å². The number of hydrogen-bond acceptors (Lipinski definition) is 7. The number of anilines is 2. The highest BCUT2D eigenvalue weighted by Crippen LogP contribution is 1.90. The predicted octanol–water partition coefficient (Wildman–Crippen LogP) is -0.620. The van der Waals surface area contributed by atoms with Crippen molar-refractivity contribution in [3.8, 4) is 0 Å². The first-order valence-corrected chi connectivity index (χ1v) is 6.59. The number of H-pyrrole nitrogens is 3. The van der Waals surface area contributed by atoms with E-state index in [2.05, 4.69) is 32.2 Å². The predicted molar refractivity (Wildman–Crippen MR) is 90.4 cm³/mol. The van der Waals surface area contributed by atoms with Crippen molar-refractivity contribution in [1.29, 1.82) is 0 Å². The number of nitrogen functional groups attached to an aromatic ring is 2. The fraction of sp³-hybridized carbons (Fsp3) is 0.250. The van der Waals surface area contributed by atoms with Gasteiger partial charge < -0.3 is 21.4 Å². The Kier molecular flexibility index (Phi) is 8.62. The topological polar surface area (TPSA) is 167 Å². The highest BCUT2D eigenvalue weighted by molar-refractivity contribution is 7.71. The van der Waals surface area contributed by atoms with Crippen LogP contribution in [0.25, 0.3) is 0 Å². The maximum absolute atomic E-state index is 10.6. The van der Waals surface area contributed by atoms with Crippen LogP contribution in [0.1, 0.15) is 5.69 Å². The molecule has 0 aromatic carbocycles. The third kappa shape index (κ3) is 10.4. The number of amides is 1. The first-order chi connectivity index (χ1) is 10.6. The summed E-state index contributed by atoms with van der Waals surface area (Å²) in [7, 11) is 3.38. The molecular formula is C12H19N7O3S. The quantitative estimate of drug-likeness (QED) is 0.340. The van der Waals surface area contributed by atoms with Gasteiger partial charge in [0.1, 0.15) is 5.82 Å². The molecule has 0 bridgehead atoms. The highest BCUT2D eigenvalue weighted by atomic mass is 32.1. The van der Waals surface area contributed by atoms with Crippen LogP contribution in [-0.2, 0) is 4.79 Å². The summed E-state index contributed by atoms with van der Waals surface area (Å²) in [6, 6.07) is 2.62. The van der Waals surface area contributed by atoms with E-state index in [0.29, 0.717) is 4.77 Å². The van der Waals surface area contributed by atoms with E-state index in [1.807, 2.05) is 0 Å². The van der Waals surface area contributed by atoms with Gasteiger partial charge in [-0.15, -0.1) is 0 Å². The van der Waals surface area contributed by atoms with E-state index in [9.17, 15) is 14.4 Å². The van der Waals surface area contributed by atoms with Gasteiger partial charge in [0.15, 0.2) is 4.77 Å². The van der Waals surface area contributed by atoms with Crippen LogP contribution in [0.15, 0.2) is 21.7 Å². The lowest BCUT2D eigenvalue weighted by atomic mass is 10.5. The lowest BCUT2D eigenvalue weighted by Crippen LogP contribution is -2.11. The number of nitrogens with zero attached hydrogens (tertiary/aromatic N) is 2. The molecule has 11 heteroatoms. The second kappa shape index (κ2) is 9.89. The van der Waals surface area contributed by atoms with Crippen molar-refractivity contribution in [3.63, 3.8) is 0 Å². The summed E-state index contributed by atoms with van der Waals surface area (Å²) in [5, 5.41) is 0. The number of nitrogens with two attached hydrogens (primary N) is 2. The van der Waals surface area contributed by atoms with Crippen molar-refractivity contribution in [1.82, 2.24) is 24.8 Å². The summed E-state index contributed by atoms with van der Waals surface area (Å²) in [5.74, 6) is 0.177. The highest BCUT2D eigenvalue weighted by Gasteiger charge is 1.89. The number of carbonyl (C=O) groups is 1. The first kappa shape index (κ1) is 20.1.